The summed E-state index contributed by atoms with van der Waals surface area (Å²) in [5.41, 5.74) is 0.648. The van der Waals surface area contributed by atoms with Crippen molar-refractivity contribution in [3.05, 3.63) is 59.7 Å². The monoisotopic (exact) mass is 346 g/mol. The van der Waals surface area contributed by atoms with Gasteiger partial charge >= 0.3 is 12.3 Å². The molecule has 0 aromatic heterocycles. The van der Waals surface area contributed by atoms with Gasteiger partial charge in [-0.05, 0) is 29.7 Å². The molecule has 2 aromatic carbocycles. The average Bonchev–Trinajstić information content (AvgIpc) is 3.17. The maximum atomic E-state index is 13.2. The number of rotatable bonds is 4. The van der Waals surface area contributed by atoms with Gasteiger partial charge in [-0.1, -0.05) is 43.3 Å². The van der Waals surface area contributed by atoms with E-state index >= 15 is 0 Å². The molecule has 1 aliphatic heterocycles. The zero-order valence-corrected chi connectivity index (χ0v) is 13.4. The summed E-state index contributed by atoms with van der Waals surface area (Å²) in [5.74, 6) is -1.49. The third kappa shape index (κ3) is 2.27. The summed E-state index contributed by atoms with van der Waals surface area (Å²) < 4.78 is 35.4. The first-order valence-corrected chi connectivity index (χ1v) is 8.07. The average molecular weight is 346 g/mol. The summed E-state index contributed by atoms with van der Waals surface area (Å²) in [6.45, 7) is 1.84. The number of aliphatic carboxylic acids is 1. The topological polar surface area (TPSA) is 55.8 Å². The zero-order valence-electron chi connectivity index (χ0n) is 13.4. The number of alkyl halides is 2. The van der Waals surface area contributed by atoms with Crippen molar-refractivity contribution in [1.82, 2.24) is 0 Å². The Kier molecular flexibility index (Phi) is 3.29. The van der Waals surface area contributed by atoms with Crippen LogP contribution in [0.4, 0.5) is 8.78 Å². The fourth-order valence-corrected chi connectivity index (χ4v) is 4.10. The van der Waals surface area contributed by atoms with E-state index in [9.17, 15) is 18.7 Å². The standard InChI is InChI=1S/C19H16F2O4/c1-2-18(17(22)23)15(11-6-4-3-5-7-11)16(18)12-8-9-13-14(10-12)25-19(20,21)24-13/h3-10,15-16H,2H2,1H3,(H,22,23). The van der Waals surface area contributed by atoms with E-state index in [1.165, 1.54) is 12.1 Å². The van der Waals surface area contributed by atoms with E-state index in [1.807, 2.05) is 37.3 Å². The second-order valence-electron chi connectivity index (χ2n) is 6.44. The number of carboxylic acid groups (broad SMARTS) is 1. The van der Waals surface area contributed by atoms with Crippen molar-refractivity contribution in [3.8, 4) is 11.5 Å². The summed E-state index contributed by atoms with van der Waals surface area (Å²) >= 11 is 0. The molecule has 25 heavy (non-hydrogen) atoms. The smallest absolute Gasteiger partial charge is 0.481 e. The number of fused-ring (bicyclic) bond motifs is 1. The number of benzene rings is 2. The Balaban J connectivity index is 1.75. The van der Waals surface area contributed by atoms with Gasteiger partial charge in [-0.2, -0.15) is 0 Å². The number of carboxylic acids is 1. The minimum atomic E-state index is -3.68. The Morgan fingerprint density at radius 2 is 1.68 bits per heavy atom. The Morgan fingerprint density at radius 1 is 1.04 bits per heavy atom. The number of halogens is 2. The molecule has 6 heteroatoms. The van der Waals surface area contributed by atoms with Gasteiger partial charge < -0.3 is 14.6 Å². The molecule has 4 rings (SSSR count). The Morgan fingerprint density at radius 3 is 2.32 bits per heavy atom. The quantitative estimate of drug-likeness (QED) is 0.893. The summed E-state index contributed by atoms with van der Waals surface area (Å²) in [6.07, 6.45) is -3.24. The Hall–Kier alpha value is -2.63. The molecule has 4 nitrogen and oxygen atoms in total. The van der Waals surface area contributed by atoms with E-state index < -0.39 is 17.7 Å². The van der Waals surface area contributed by atoms with Gasteiger partial charge in [0.1, 0.15) is 0 Å². The number of hydrogen-bond acceptors (Lipinski definition) is 3. The molecule has 3 atom stereocenters. The molecule has 3 unspecified atom stereocenters. The molecule has 1 saturated carbocycles. The van der Waals surface area contributed by atoms with E-state index in [1.54, 1.807) is 6.07 Å². The van der Waals surface area contributed by atoms with Crippen molar-refractivity contribution < 1.29 is 28.2 Å². The van der Waals surface area contributed by atoms with Crippen molar-refractivity contribution in [1.29, 1.82) is 0 Å². The fraction of sp³-hybridized carbons (Fsp3) is 0.316. The lowest BCUT2D eigenvalue weighted by molar-refractivity contribution is -0.286. The highest BCUT2D eigenvalue weighted by molar-refractivity contribution is 5.84. The highest BCUT2D eigenvalue weighted by Crippen LogP contribution is 2.72. The molecule has 0 saturated heterocycles. The molecule has 0 radical (unpaired) electrons. The molecule has 0 amide bonds. The largest absolute Gasteiger partial charge is 0.586 e. The summed E-state index contributed by atoms with van der Waals surface area (Å²) in [4.78, 5) is 12.0. The number of ether oxygens (including phenoxy) is 2. The highest BCUT2D eigenvalue weighted by Gasteiger charge is 2.69. The van der Waals surface area contributed by atoms with Gasteiger partial charge in [-0.15, -0.1) is 8.78 Å². The number of hydrogen-bond donors (Lipinski definition) is 1. The van der Waals surface area contributed by atoms with Gasteiger partial charge in [-0.25, -0.2) is 0 Å². The Bertz CT molecular complexity index is 837. The summed E-state index contributed by atoms with van der Waals surface area (Å²) in [5, 5.41) is 9.87. The maximum Gasteiger partial charge on any atom is 0.586 e. The van der Waals surface area contributed by atoms with E-state index in [4.69, 9.17) is 0 Å². The van der Waals surface area contributed by atoms with E-state index in [2.05, 4.69) is 9.47 Å². The lowest BCUT2D eigenvalue weighted by Gasteiger charge is -2.10. The van der Waals surface area contributed by atoms with Gasteiger partial charge in [0.05, 0.1) is 5.41 Å². The van der Waals surface area contributed by atoms with Crippen LogP contribution in [0.2, 0.25) is 0 Å². The van der Waals surface area contributed by atoms with Crippen molar-refractivity contribution >= 4 is 5.97 Å². The van der Waals surface area contributed by atoms with E-state index in [-0.39, 0.29) is 23.3 Å². The van der Waals surface area contributed by atoms with Gasteiger partial charge in [0, 0.05) is 11.8 Å². The third-order valence-electron chi connectivity index (χ3n) is 5.26. The van der Waals surface area contributed by atoms with Crippen LogP contribution in [0, 0.1) is 5.41 Å². The normalized spacial score (nSPS) is 28.6. The first kappa shape index (κ1) is 15.9. The molecule has 1 heterocycles. The first-order chi connectivity index (χ1) is 11.9. The predicted octanol–water partition coefficient (Wildman–Crippen LogP) is 4.37. The number of carbonyl (C=O) groups is 1. The zero-order chi connectivity index (χ0) is 17.8. The Labute approximate surface area is 143 Å². The highest BCUT2D eigenvalue weighted by atomic mass is 19.3. The SMILES string of the molecule is CCC1(C(=O)O)C(c2ccccc2)C1c1ccc2c(c1)OC(F)(F)O2. The van der Waals surface area contributed by atoms with Gasteiger partial charge in [0.2, 0.25) is 0 Å². The molecule has 1 aliphatic carbocycles. The van der Waals surface area contributed by atoms with Crippen LogP contribution < -0.4 is 9.47 Å². The molecule has 0 bridgehead atoms. The minimum absolute atomic E-state index is 0.0388. The van der Waals surface area contributed by atoms with E-state index in [0.29, 0.717) is 12.0 Å². The lowest BCUT2D eigenvalue weighted by atomic mass is 9.94. The van der Waals surface area contributed by atoms with Crippen LogP contribution >= 0.6 is 0 Å². The van der Waals surface area contributed by atoms with Crippen LogP contribution in [0.15, 0.2) is 48.5 Å². The molecule has 130 valence electrons. The van der Waals surface area contributed by atoms with Crippen LogP contribution in [0.25, 0.3) is 0 Å². The van der Waals surface area contributed by atoms with Crippen LogP contribution in [-0.4, -0.2) is 17.4 Å². The van der Waals surface area contributed by atoms with Gasteiger partial charge in [0.15, 0.2) is 11.5 Å². The predicted molar refractivity (Wildman–Crippen MR) is 84.9 cm³/mol. The summed E-state index contributed by atoms with van der Waals surface area (Å²) in [6, 6.07) is 13.9. The van der Waals surface area contributed by atoms with E-state index in [0.717, 1.165) is 5.56 Å². The van der Waals surface area contributed by atoms with Crippen LogP contribution in [0.5, 0.6) is 11.5 Å². The first-order valence-electron chi connectivity index (χ1n) is 8.07. The molecule has 2 aromatic rings. The van der Waals surface area contributed by atoms with Gasteiger partial charge in [-0.3, -0.25) is 4.79 Å². The summed E-state index contributed by atoms with van der Waals surface area (Å²) in [7, 11) is 0. The fourth-order valence-electron chi connectivity index (χ4n) is 4.10. The second-order valence-corrected chi connectivity index (χ2v) is 6.44. The minimum Gasteiger partial charge on any atom is -0.481 e. The van der Waals surface area contributed by atoms with Gasteiger partial charge in [0.25, 0.3) is 0 Å². The molecular weight excluding hydrogens is 330 g/mol. The molecule has 1 N–H and O–H groups in total. The molecule has 0 spiro atoms. The van der Waals surface area contributed by atoms with Crippen molar-refractivity contribution in [3.63, 3.8) is 0 Å². The van der Waals surface area contributed by atoms with Crippen LogP contribution in [-0.2, 0) is 4.79 Å². The maximum absolute atomic E-state index is 13.2. The van der Waals surface area contributed by atoms with Crippen LogP contribution in [0.3, 0.4) is 0 Å². The molecular formula is C19H16F2O4. The van der Waals surface area contributed by atoms with Crippen molar-refractivity contribution in [2.45, 2.75) is 31.5 Å². The second kappa shape index (κ2) is 5.18. The van der Waals surface area contributed by atoms with Crippen LogP contribution in [0.1, 0.15) is 36.3 Å². The molecule has 2 aliphatic rings. The third-order valence-corrected chi connectivity index (χ3v) is 5.26. The molecule has 1 fully saturated rings. The van der Waals surface area contributed by atoms with Crippen molar-refractivity contribution in [2.75, 3.05) is 0 Å². The van der Waals surface area contributed by atoms with Crippen molar-refractivity contribution in [2.24, 2.45) is 5.41 Å². The lowest BCUT2D eigenvalue weighted by Crippen LogP contribution is -2.25.